The maximum Gasteiger partial charge on any atom is 0.411 e. The minimum absolute atomic E-state index is 0.146. The SMILES string of the molecule is CC(C)(C)OC(=O)N1Cc2[nH]c3ccccc3c2C[C@H]1C(=O)NCCCC(c1ccccc1)c1ccccc1. The average Bonchev–Trinajstić information content (AvgIpc) is 3.30. The molecule has 0 saturated carbocycles. The highest BCUT2D eigenvalue weighted by Crippen LogP contribution is 2.32. The quantitative estimate of drug-likeness (QED) is 0.270. The van der Waals surface area contributed by atoms with Gasteiger partial charge in [-0.2, -0.15) is 0 Å². The first-order valence-electron chi connectivity index (χ1n) is 13.8. The van der Waals surface area contributed by atoms with E-state index in [1.54, 1.807) is 4.90 Å². The van der Waals surface area contributed by atoms with Crippen LogP contribution < -0.4 is 5.32 Å². The highest BCUT2D eigenvalue weighted by Gasteiger charge is 2.38. The third-order valence-electron chi connectivity index (χ3n) is 7.31. The molecule has 0 spiro atoms. The van der Waals surface area contributed by atoms with Crippen molar-refractivity contribution in [2.24, 2.45) is 0 Å². The summed E-state index contributed by atoms with van der Waals surface area (Å²) < 4.78 is 5.69. The van der Waals surface area contributed by atoms with Crippen molar-refractivity contribution in [2.75, 3.05) is 6.54 Å². The summed E-state index contributed by atoms with van der Waals surface area (Å²) in [6.45, 7) is 6.37. The molecule has 4 aromatic rings. The number of ether oxygens (including phenoxy) is 1. The second kappa shape index (κ2) is 11.4. The standard InChI is InChI=1S/C33H37N3O3/c1-33(2,3)39-32(38)36-22-29-27(26-17-10-11-19-28(26)35-29)21-30(36)31(37)34-20-12-18-25(23-13-6-4-7-14-23)24-15-8-5-9-16-24/h4-11,13-17,19,25,30,35H,12,18,20-22H2,1-3H3,(H,34,37)/t30-/m0/s1. The molecule has 2 heterocycles. The summed E-state index contributed by atoms with van der Waals surface area (Å²) in [6, 6.07) is 28.4. The van der Waals surface area contributed by atoms with Crippen molar-refractivity contribution in [3.05, 3.63) is 107 Å². The molecular formula is C33H37N3O3. The van der Waals surface area contributed by atoms with Gasteiger partial charge in [0.25, 0.3) is 0 Å². The first-order chi connectivity index (χ1) is 18.8. The van der Waals surface area contributed by atoms with E-state index in [-0.39, 0.29) is 11.8 Å². The molecule has 1 aromatic heterocycles. The lowest BCUT2D eigenvalue weighted by molar-refractivity contribution is -0.127. The molecular weight excluding hydrogens is 486 g/mol. The molecule has 0 unspecified atom stereocenters. The lowest BCUT2D eigenvalue weighted by Crippen LogP contribution is -2.53. The van der Waals surface area contributed by atoms with E-state index in [0.717, 1.165) is 35.0 Å². The van der Waals surface area contributed by atoms with Crippen LogP contribution in [0.5, 0.6) is 0 Å². The Bertz CT molecular complexity index is 1380. The molecule has 1 aliphatic rings. The normalized spacial score (nSPS) is 15.3. The number of amides is 2. The molecule has 3 aromatic carbocycles. The van der Waals surface area contributed by atoms with E-state index in [4.69, 9.17) is 4.74 Å². The maximum atomic E-state index is 13.6. The van der Waals surface area contributed by atoms with Crippen LogP contribution in [0.25, 0.3) is 10.9 Å². The first kappa shape index (κ1) is 26.5. The number of H-pyrrole nitrogens is 1. The summed E-state index contributed by atoms with van der Waals surface area (Å²) in [4.78, 5) is 31.8. The summed E-state index contributed by atoms with van der Waals surface area (Å²) in [5.41, 5.74) is 4.96. The number of carbonyl (C=O) groups excluding carboxylic acids is 2. The predicted molar refractivity (Wildman–Crippen MR) is 155 cm³/mol. The summed E-state index contributed by atoms with van der Waals surface area (Å²) >= 11 is 0. The maximum absolute atomic E-state index is 13.6. The summed E-state index contributed by atoms with van der Waals surface area (Å²) in [5.74, 6) is 0.110. The molecule has 0 radical (unpaired) electrons. The van der Waals surface area contributed by atoms with Crippen molar-refractivity contribution in [1.82, 2.24) is 15.2 Å². The Morgan fingerprint density at radius 2 is 1.56 bits per heavy atom. The third-order valence-corrected chi connectivity index (χ3v) is 7.31. The number of hydrogen-bond donors (Lipinski definition) is 2. The van der Waals surface area contributed by atoms with Gasteiger partial charge < -0.3 is 15.0 Å². The second-order valence-electron chi connectivity index (χ2n) is 11.3. The highest BCUT2D eigenvalue weighted by atomic mass is 16.6. The smallest absolute Gasteiger partial charge is 0.411 e. The molecule has 2 N–H and O–H groups in total. The molecule has 0 fully saturated rings. The van der Waals surface area contributed by atoms with Crippen molar-refractivity contribution in [1.29, 1.82) is 0 Å². The average molecular weight is 524 g/mol. The van der Waals surface area contributed by atoms with Crippen molar-refractivity contribution in [3.8, 4) is 0 Å². The number of rotatable bonds is 7. The number of aromatic nitrogens is 1. The van der Waals surface area contributed by atoms with Gasteiger partial charge in [-0.15, -0.1) is 0 Å². The van der Waals surface area contributed by atoms with Gasteiger partial charge in [0.15, 0.2) is 0 Å². The summed E-state index contributed by atoms with van der Waals surface area (Å²) in [5, 5.41) is 4.23. The molecule has 0 saturated heterocycles. The van der Waals surface area contributed by atoms with Crippen LogP contribution in [0.1, 0.15) is 61.9 Å². The van der Waals surface area contributed by atoms with Gasteiger partial charge in [0.1, 0.15) is 11.6 Å². The largest absolute Gasteiger partial charge is 0.444 e. The number of benzene rings is 3. The van der Waals surface area contributed by atoms with Crippen LogP contribution in [0, 0.1) is 0 Å². The monoisotopic (exact) mass is 523 g/mol. The zero-order chi connectivity index (χ0) is 27.4. The van der Waals surface area contributed by atoms with Gasteiger partial charge in [-0.25, -0.2) is 4.79 Å². The molecule has 6 nitrogen and oxygen atoms in total. The number of nitrogens with one attached hydrogen (secondary N) is 2. The predicted octanol–water partition coefficient (Wildman–Crippen LogP) is 6.56. The molecule has 202 valence electrons. The molecule has 1 atom stereocenters. The van der Waals surface area contributed by atoms with Gasteiger partial charge >= 0.3 is 6.09 Å². The van der Waals surface area contributed by atoms with Gasteiger partial charge in [0, 0.05) is 35.5 Å². The molecule has 0 aliphatic carbocycles. The van der Waals surface area contributed by atoms with Crippen LogP contribution in [0.15, 0.2) is 84.9 Å². The van der Waals surface area contributed by atoms with E-state index in [9.17, 15) is 9.59 Å². The first-order valence-corrected chi connectivity index (χ1v) is 13.8. The van der Waals surface area contributed by atoms with Gasteiger partial charge in [0.2, 0.25) is 5.91 Å². The third kappa shape index (κ3) is 6.17. The van der Waals surface area contributed by atoms with Crippen LogP contribution in [0.4, 0.5) is 4.79 Å². The molecule has 0 bridgehead atoms. The van der Waals surface area contributed by atoms with E-state index in [1.807, 2.05) is 51.1 Å². The number of fused-ring (bicyclic) bond motifs is 3. The van der Waals surface area contributed by atoms with E-state index >= 15 is 0 Å². The van der Waals surface area contributed by atoms with Crippen molar-refractivity contribution in [3.63, 3.8) is 0 Å². The Labute approximate surface area is 230 Å². The van der Waals surface area contributed by atoms with Crippen LogP contribution in [0.3, 0.4) is 0 Å². The molecule has 6 heteroatoms. The van der Waals surface area contributed by atoms with Crippen LogP contribution >= 0.6 is 0 Å². The van der Waals surface area contributed by atoms with Crippen molar-refractivity contribution < 1.29 is 14.3 Å². The fourth-order valence-corrected chi connectivity index (χ4v) is 5.49. The second-order valence-corrected chi connectivity index (χ2v) is 11.3. The zero-order valence-electron chi connectivity index (χ0n) is 22.9. The van der Waals surface area contributed by atoms with E-state index in [2.05, 4.69) is 64.9 Å². The number of carbonyl (C=O) groups is 2. The van der Waals surface area contributed by atoms with E-state index in [1.165, 1.54) is 11.1 Å². The summed E-state index contributed by atoms with van der Waals surface area (Å²) in [7, 11) is 0. The Balaban J connectivity index is 1.29. The van der Waals surface area contributed by atoms with Gasteiger partial charge in [-0.1, -0.05) is 78.9 Å². The topological polar surface area (TPSA) is 74.4 Å². The van der Waals surface area contributed by atoms with Gasteiger partial charge in [-0.05, 0) is 56.4 Å². The Kier molecular flexibility index (Phi) is 7.73. The van der Waals surface area contributed by atoms with Crippen LogP contribution in [-0.4, -0.2) is 40.1 Å². The number of nitrogens with zero attached hydrogens (tertiary/aromatic N) is 1. The van der Waals surface area contributed by atoms with Crippen LogP contribution in [-0.2, 0) is 22.5 Å². The lowest BCUT2D eigenvalue weighted by atomic mass is 9.87. The molecule has 1 aliphatic heterocycles. The van der Waals surface area contributed by atoms with E-state index < -0.39 is 17.7 Å². The zero-order valence-corrected chi connectivity index (χ0v) is 22.9. The Hall–Kier alpha value is -4.06. The fraction of sp³-hybridized carbons (Fsp3) is 0.333. The minimum atomic E-state index is -0.650. The molecule has 39 heavy (non-hydrogen) atoms. The van der Waals surface area contributed by atoms with Gasteiger partial charge in [-0.3, -0.25) is 9.69 Å². The van der Waals surface area contributed by atoms with Crippen molar-refractivity contribution >= 4 is 22.9 Å². The number of hydrogen-bond acceptors (Lipinski definition) is 3. The lowest BCUT2D eigenvalue weighted by Gasteiger charge is -2.36. The highest BCUT2D eigenvalue weighted by molar-refractivity contribution is 5.90. The molecule has 5 rings (SSSR count). The fourth-order valence-electron chi connectivity index (χ4n) is 5.49. The summed E-state index contributed by atoms with van der Waals surface area (Å²) in [6.07, 6.45) is 1.69. The Morgan fingerprint density at radius 3 is 2.21 bits per heavy atom. The van der Waals surface area contributed by atoms with E-state index in [0.29, 0.717) is 19.5 Å². The van der Waals surface area contributed by atoms with Gasteiger partial charge in [0.05, 0.1) is 6.54 Å². The minimum Gasteiger partial charge on any atom is -0.444 e. The molecule has 2 amide bonds. The van der Waals surface area contributed by atoms with Crippen molar-refractivity contribution in [2.45, 2.75) is 64.1 Å². The number of para-hydroxylation sites is 1. The van der Waals surface area contributed by atoms with Crippen LogP contribution in [0.2, 0.25) is 0 Å². The Morgan fingerprint density at radius 1 is 0.949 bits per heavy atom. The number of aromatic amines is 1.